The molecule has 0 bridgehead atoms. The van der Waals surface area contributed by atoms with E-state index in [1.54, 1.807) is 0 Å². The molecule has 1 radical (unpaired) electrons. The van der Waals surface area contributed by atoms with E-state index in [0.717, 1.165) is 0 Å². The van der Waals surface area contributed by atoms with Crippen LogP contribution in [0.2, 0.25) is 10.6 Å². The molecule has 0 saturated heterocycles. The average molecular weight is 357 g/mol. The first-order valence-corrected chi connectivity index (χ1v) is 10.4. The summed E-state index contributed by atoms with van der Waals surface area (Å²) in [5, 5.41) is 17.8. The van der Waals surface area contributed by atoms with Gasteiger partial charge in [0.1, 0.15) is 0 Å². The minimum absolute atomic E-state index is 0. The van der Waals surface area contributed by atoms with Gasteiger partial charge in [-0.2, -0.15) is 0 Å². The Bertz CT molecular complexity index is 197. The summed E-state index contributed by atoms with van der Waals surface area (Å²) in [5.41, 5.74) is 10.5. The van der Waals surface area contributed by atoms with E-state index in [0.29, 0.717) is 10.6 Å². The number of hydrogen-bond donors (Lipinski definition) is 4. The fourth-order valence-electron chi connectivity index (χ4n) is 0.385. The van der Waals surface area contributed by atoms with Gasteiger partial charge in [-0.1, -0.05) is 0 Å². The van der Waals surface area contributed by atoms with Crippen LogP contribution in [0.15, 0.2) is 0 Å². The molecule has 9 heteroatoms. The van der Waals surface area contributed by atoms with Gasteiger partial charge in [-0.25, -0.2) is 0 Å². The molecule has 0 aromatic rings. The molecule has 2 atom stereocenters. The van der Waals surface area contributed by atoms with Crippen LogP contribution in [0.3, 0.4) is 0 Å². The summed E-state index contributed by atoms with van der Waals surface area (Å²) in [6.45, 7) is 0. The third-order valence-corrected chi connectivity index (χ3v) is 8.42. The van der Waals surface area contributed by atoms with Gasteiger partial charge in [0.2, 0.25) is 0 Å². The molecule has 0 rings (SSSR count). The van der Waals surface area contributed by atoms with Crippen LogP contribution in [-0.4, -0.2) is 90.1 Å². The largest absolute Gasteiger partial charge is 0 e. The Morgan fingerprint density at radius 1 is 1.00 bits per heavy atom. The van der Waals surface area contributed by atoms with Gasteiger partial charge >= 0.3 is 92.2 Å². The Hall–Kier alpha value is 0.899. The number of carbonyl (C=O) groups is 2. The molecular weight excluding hydrogens is 345 g/mol. The van der Waals surface area contributed by atoms with Gasteiger partial charge in [-0.15, -0.1) is 0 Å². The molecule has 0 aromatic heterocycles. The number of carboxylic acids is 2. The second-order valence-corrected chi connectivity index (χ2v) is 9.99. The summed E-state index contributed by atoms with van der Waals surface area (Å²) in [7, 11) is 0. The number of rotatable bonds is 7. The minimum Gasteiger partial charge on any atom is 0 e. The van der Waals surface area contributed by atoms with Crippen molar-refractivity contribution in [1.29, 1.82) is 0 Å². The molecule has 6 N–H and O–H groups in total. The minimum atomic E-state index is -1.01. The second kappa shape index (κ2) is 10.1. The Morgan fingerprint density at radius 3 is 1.47 bits per heavy atom. The van der Waals surface area contributed by atoms with Gasteiger partial charge in [0, 0.05) is 29.6 Å². The zero-order chi connectivity index (χ0) is 11.1. The van der Waals surface area contributed by atoms with Crippen LogP contribution < -0.4 is 11.5 Å². The van der Waals surface area contributed by atoms with E-state index in [4.69, 9.17) is 21.7 Å². The van der Waals surface area contributed by atoms with Gasteiger partial charge in [0.15, 0.2) is 0 Å². The van der Waals surface area contributed by atoms with E-state index in [9.17, 15) is 9.59 Å². The standard InChI is InChI=1S/C6H12N2O4Se2.Na/c7-3(5(9)10)1-13-14-2-4(8)6(11)12;/h3-4H,1-2,7-8H2,(H,9,10)(H,11,12);/t3-,4-;/m0./s1. The van der Waals surface area contributed by atoms with E-state index in [2.05, 4.69) is 0 Å². The van der Waals surface area contributed by atoms with Gasteiger partial charge in [-0.05, 0) is 0 Å². The van der Waals surface area contributed by atoms with Gasteiger partial charge in [-0.3, -0.25) is 0 Å². The smallest absolute Gasteiger partial charge is 0 e. The predicted octanol–water partition coefficient (Wildman–Crippen LogP) is -2.41. The third kappa shape index (κ3) is 9.81. The molecule has 15 heavy (non-hydrogen) atoms. The van der Waals surface area contributed by atoms with Crippen LogP contribution in [-0.2, 0) is 9.59 Å². The second-order valence-electron chi connectivity index (χ2n) is 2.46. The maximum Gasteiger partial charge on any atom is 0 e. The third-order valence-electron chi connectivity index (χ3n) is 1.21. The molecule has 0 aliphatic rings. The van der Waals surface area contributed by atoms with Crippen molar-refractivity contribution in [3.8, 4) is 0 Å². The molecule has 0 heterocycles. The first-order chi connectivity index (χ1) is 6.45. The fraction of sp³-hybridized carbons (Fsp3) is 0.667. The van der Waals surface area contributed by atoms with Gasteiger partial charge in [0.25, 0.3) is 0 Å². The molecule has 0 aliphatic carbocycles. The molecule has 0 saturated carbocycles. The van der Waals surface area contributed by atoms with E-state index >= 15 is 0 Å². The Kier molecular flexibility index (Phi) is 12.3. The summed E-state index contributed by atoms with van der Waals surface area (Å²) < 4.78 is 0. The predicted molar refractivity (Wildman–Crippen MR) is 58.1 cm³/mol. The number of carboxylic acid groups (broad SMARTS) is 2. The van der Waals surface area contributed by atoms with Crippen LogP contribution in [0.4, 0.5) is 0 Å². The average Bonchev–Trinajstić information content (AvgIpc) is 2.11. The summed E-state index contributed by atoms with van der Waals surface area (Å²) in [6, 6.07) is -1.64. The van der Waals surface area contributed by atoms with Crippen LogP contribution in [0.5, 0.6) is 0 Å². The van der Waals surface area contributed by atoms with Gasteiger partial charge < -0.3 is 0 Å². The number of hydrogen-bond acceptors (Lipinski definition) is 4. The van der Waals surface area contributed by atoms with Crippen molar-refractivity contribution in [2.75, 3.05) is 0 Å². The molecule has 0 spiro atoms. The van der Waals surface area contributed by atoms with E-state index in [1.165, 1.54) is 0 Å². The van der Waals surface area contributed by atoms with Crippen molar-refractivity contribution in [3.05, 3.63) is 0 Å². The van der Waals surface area contributed by atoms with Crippen molar-refractivity contribution in [1.82, 2.24) is 0 Å². The maximum absolute atomic E-state index is 10.3. The van der Waals surface area contributed by atoms with E-state index in [-0.39, 0.29) is 55.8 Å². The van der Waals surface area contributed by atoms with Crippen LogP contribution in [0.25, 0.3) is 0 Å². The van der Waals surface area contributed by atoms with Crippen molar-refractivity contribution < 1.29 is 19.8 Å². The molecule has 0 aliphatic heterocycles. The van der Waals surface area contributed by atoms with Crippen LogP contribution in [0.1, 0.15) is 0 Å². The van der Waals surface area contributed by atoms with Crippen molar-refractivity contribution in [2.45, 2.75) is 22.7 Å². The zero-order valence-electron chi connectivity index (χ0n) is 8.25. The zero-order valence-corrected chi connectivity index (χ0v) is 13.7. The Balaban J connectivity index is 0. The summed E-state index contributed by atoms with van der Waals surface area (Å²) >= 11 is 0.218. The SMILES string of the molecule is N[C@@H](C[Se][Se]C[C@H](N)C(=O)O)C(=O)O.[Na]. The molecule has 0 aromatic carbocycles. The summed E-state index contributed by atoms with van der Waals surface area (Å²) in [4.78, 5) is 20.6. The van der Waals surface area contributed by atoms with E-state index in [1.807, 2.05) is 0 Å². The summed E-state index contributed by atoms with van der Waals surface area (Å²) in [6.07, 6.45) is 0. The van der Waals surface area contributed by atoms with Crippen molar-refractivity contribution in [2.24, 2.45) is 11.5 Å². The molecule has 0 fully saturated rings. The Labute approximate surface area is 121 Å². The number of aliphatic carboxylic acids is 2. The molecule has 6 nitrogen and oxygen atoms in total. The molecular formula is C6H12N2NaO4Se2. The first-order valence-electron chi connectivity index (χ1n) is 3.66. The monoisotopic (exact) mass is 359 g/mol. The van der Waals surface area contributed by atoms with Crippen molar-refractivity contribution in [3.63, 3.8) is 0 Å². The van der Waals surface area contributed by atoms with Gasteiger partial charge in [0.05, 0.1) is 0 Å². The molecule has 83 valence electrons. The maximum atomic E-state index is 10.3. The normalized spacial score (nSPS) is 13.7. The Morgan fingerprint density at radius 2 is 1.27 bits per heavy atom. The van der Waals surface area contributed by atoms with Crippen LogP contribution in [0, 0.1) is 0 Å². The molecule has 0 amide bonds. The first kappa shape index (κ1) is 18.3. The van der Waals surface area contributed by atoms with E-state index < -0.39 is 24.0 Å². The number of nitrogens with two attached hydrogens (primary N) is 2. The molecule has 0 unspecified atom stereocenters. The van der Waals surface area contributed by atoms with Crippen LogP contribution >= 0.6 is 0 Å². The fourth-order valence-corrected chi connectivity index (χ4v) is 7.30. The van der Waals surface area contributed by atoms with Crippen molar-refractivity contribution >= 4 is 67.8 Å². The quantitative estimate of drug-likeness (QED) is 0.297. The summed E-state index contributed by atoms with van der Waals surface area (Å²) in [5.74, 6) is -2.02. The topological polar surface area (TPSA) is 127 Å².